The number of thioether (sulfide) groups is 1. The molecule has 5 heteroatoms. The van der Waals surface area contributed by atoms with Crippen molar-refractivity contribution < 1.29 is 5.11 Å². The van der Waals surface area contributed by atoms with Crippen LogP contribution in [0.4, 0.5) is 5.69 Å². The highest BCUT2D eigenvalue weighted by molar-refractivity contribution is 7.98. The lowest BCUT2D eigenvalue weighted by Crippen LogP contribution is -1.88. The van der Waals surface area contributed by atoms with Gasteiger partial charge in [0.2, 0.25) is 0 Å². The van der Waals surface area contributed by atoms with Gasteiger partial charge in [0.1, 0.15) is 5.75 Å². The van der Waals surface area contributed by atoms with E-state index in [1.54, 1.807) is 18.2 Å². The van der Waals surface area contributed by atoms with Crippen LogP contribution in [0.3, 0.4) is 0 Å². The quantitative estimate of drug-likeness (QED) is 0.388. The van der Waals surface area contributed by atoms with Crippen molar-refractivity contribution in [1.82, 2.24) is 9.97 Å². The van der Waals surface area contributed by atoms with Crippen LogP contribution in [0, 0.1) is 0 Å². The van der Waals surface area contributed by atoms with Gasteiger partial charge in [0, 0.05) is 17.0 Å². The van der Waals surface area contributed by atoms with E-state index in [4.69, 9.17) is 5.73 Å². The summed E-state index contributed by atoms with van der Waals surface area (Å²) in [5, 5.41) is 10.6. The maximum Gasteiger partial charge on any atom is 0.166 e. The number of rotatable bonds is 3. The number of imidazole rings is 1. The molecule has 3 rings (SSSR count). The molecule has 0 saturated heterocycles. The topological polar surface area (TPSA) is 74.9 Å². The van der Waals surface area contributed by atoms with E-state index in [1.165, 1.54) is 11.8 Å². The minimum absolute atomic E-state index is 0.262. The first-order valence-electron chi connectivity index (χ1n) is 5.87. The summed E-state index contributed by atoms with van der Waals surface area (Å²) >= 11 is 1.54. The Kier molecular flexibility index (Phi) is 3.05. The van der Waals surface area contributed by atoms with Crippen LogP contribution in [0.15, 0.2) is 47.6 Å². The van der Waals surface area contributed by atoms with Crippen molar-refractivity contribution in [2.45, 2.75) is 10.9 Å². The van der Waals surface area contributed by atoms with Crippen molar-refractivity contribution in [3.8, 4) is 5.75 Å². The fraction of sp³-hybridized carbons (Fsp3) is 0.0714. The Labute approximate surface area is 114 Å². The minimum atomic E-state index is 0.262. The molecular weight excluding hydrogens is 258 g/mol. The number of aromatic nitrogens is 2. The molecule has 1 aromatic heterocycles. The maximum absolute atomic E-state index is 9.75. The lowest BCUT2D eigenvalue weighted by atomic mass is 10.2. The van der Waals surface area contributed by atoms with Gasteiger partial charge >= 0.3 is 0 Å². The number of nitrogens with two attached hydrogens (primary N) is 1. The number of benzene rings is 2. The lowest BCUT2D eigenvalue weighted by Gasteiger charge is -2.03. The Morgan fingerprint density at radius 1 is 1.21 bits per heavy atom. The zero-order valence-corrected chi connectivity index (χ0v) is 10.9. The average Bonchev–Trinajstić information content (AvgIpc) is 2.82. The molecule has 0 amide bonds. The molecule has 19 heavy (non-hydrogen) atoms. The highest BCUT2D eigenvalue weighted by Gasteiger charge is 2.06. The third kappa shape index (κ3) is 2.51. The summed E-state index contributed by atoms with van der Waals surface area (Å²) in [5.41, 5.74) is 9.14. The van der Waals surface area contributed by atoms with Crippen molar-refractivity contribution in [3.63, 3.8) is 0 Å². The van der Waals surface area contributed by atoms with E-state index in [2.05, 4.69) is 9.97 Å². The van der Waals surface area contributed by atoms with E-state index >= 15 is 0 Å². The number of phenolic OH excluding ortho intramolecular Hbond substituents is 1. The van der Waals surface area contributed by atoms with Crippen LogP contribution in [0.2, 0.25) is 0 Å². The van der Waals surface area contributed by atoms with Crippen LogP contribution < -0.4 is 5.73 Å². The van der Waals surface area contributed by atoms with E-state index < -0.39 is 0 Å². The van der Waals surface area contributed by atoms with Gasteiger partial charge in [-0.15, -0.1) is 0 Å². The van der Waals surface area contributed by atoms with Crippen molar-refractivity contribution in [2.24, 2.45) is 0 Å². The third-order valence-corrected chi connectivity index (χ3v) is 3.76. The molecule has 0 aliphatic carbocycles. The van der Waals surface area contributed by atoms with Gasteiger partial charge < -0.3 is 15.8 Å². The fourth-order valence-corrected chi connectivity index (χ4v) is 2.73. The molecule has 0 bridgehead atoms. The number of H-pyrrole nitrogens is 1. The summed E-state index contributed by atoms with van der Waals surface area (Å²) < 4.78 is 0. The SMILES string of the molecule is Nc1ccc(O)c(CSc2nc3ccccc3[nH]2)c1. The predicted octanol–water partition coefficient (Wildman–Crippen LogP) is 3.14. The van der Waals surface area contributed by atoms with Gasteiger partial charge in [0.25, 0.3) is 0 Å². The van der Waals surface area contributed by atoms with Crippen molar-refractivity contribution in [2.75, 3.05) is 5.73 Å². The Morgan fingerprint density at radius 3 is 2.89 bits per heavy atom. The highest BCUT2D eigenvalue weighted by atomic mass is 32.2. The molecule has 0 saturated carbocycles. The van der Waals surface area contributed by atoms with Gasteiger partial charge in [-0.3, -0.25) is 0 Å². The second kappa shape index (κ2) is 4.85. The Hall–Kier alpha value is -2.14. The van der Waals surface area contributed by atoms with E-state index in [-0.39, 0.29) is 5.75 Å². The molecule has 3 aromatic rings. The number of anilines is 1. The summed E-state index contributed by atoms with van der Waals surface area (Å²) in [6.45, 7) is 0. The zero-order valence-electron chi connectivity index (χ0n) is 10.1. The standard InChI is InChI=1S/C14H13N3OS/c15-10-5-6-13(18)9(7-10)8-19-14-16-11-3-1-2-4-12(11)17-14/h1-7,18H,8,15H2,(H,16,17). The van der Waals surface area contributed by atoms with Crippen LogP contribution in [-0.4, -0.2) is 15.1 Å². The van der Waals surface area contributed by atoms with Crippen LogP contribution in [-0.2, 0) is 5.75 Å². The van der Waals surface area contributed by atoms with Gasteiger partial charge in [-0.2, -0.15) is 0 Å². The number of para-hydroxylation sites is 2. The van der Waals surface area contributed by atoms with E-state index in [9.17, 15) is 5.11 Å². The van der Waals surface area contributed by atoms with Gasteiger partial charge in [-0.1, -0.05) is 23.9 Å². The molecule has 0 radical (unpaired) electrons. The smallest absolute Gasteiger partial charge is 0.166 e. The third-order valence-electron chi connectivity index (χ3n) is 2.84. The Balaban J connectivity index is 1.80. The van der Waals surface area contributed by atoms with Crippen LogP contribution in [0.1, 0.15) is 5.56 Å². The Bertz CT molecular complexity index is 691. The van der Waals surface area contributed by atoms with Crippen LogP contribution in [0.5, 0.6) is 5.75 Å². The van der Waals surface area contributed by atoms with Crippen LogP contribution in [0.25, 0.3) is 11.0 Å². The van der Waals surface area contributed by atoms with E-state index in [0.29, 0.717) is 11.4 Å². The molecular formula is C14H13N3OS. The number of hydrogen-bond acceptors (Lipinski definition) is 4. The van der Waals surface area contributed by atoms with Crippen LogP contribution >= 0.6 is 11.8 Å². The maximum atomic E-state index is 9.75. The van der Waals surface area contributed by atoms with Crippen molar-refractivity contribution in [3.05, 3.63) is 48.0 Å². The summed E-state index contributed by atoms with van der Waals surface area (Å²) in [4.78, 5) is 7.71. The summed E-state index contributed by atoms with van der Waals surface area (Å²) in [5.74, 6) is 0.884. The molecule has 0 atom stereocenters. The monoisotopic (exact) mass is 271 g/mol. The second-order valence-corrected chi connectivity index (χ2v) is 5.20. The molecule has 0 fully saturated rings. The molecule has 2 aromatic carbocycles. The number of nitrogens with zero attached hydrogens (tertiary/aromatic N) is 1. The first kappa shape index (κ1) is 11.9. The molecule has 0 unspecified atom stereocenters. The molecule has 0 spiro atoms. The molecule has 96 valence electrons. The van der Waals surface area contributed by atoms with Crippen molar-refractivity contribution in [1.29, 1.82) is 0 Å². The number of hydrogen-bond donors (Lipinski definition) is 3. The van der Waals surface area contributed by atoms with Gasteiger partial charge in [0.15, 0.2) is 5.16 Å². The minimum Gasteiger partial charge on any atom is -0.508 e. The number of nitrogens with one attached hydrogen (secondary N) is 1. The normalized spacial score (nSPS) is 10.9. The van der Waals surface area contributed by atoms with Gasteiger partial charge in [0.05, 0.1) is 11.0 Å². The summed E-state index contributed by atoms with van der Waals surface area (Å²) in [6, 6.07) is 13.0. The molecule has 0 aliphatic rings. The van der Waals surface area contributed by atoms with Gasteiger partial charge in [-0.25, -0.2) is 4.98 Å². The Morgan fingerprint density at radius 2 is 2.05 bits per heavy atom. The number of aromatic hydroxyl groups is 1. The number of fused-ring (bicyclic) bond motifs is 1. The number of nitrogen functional groups attached to an aromatic ring is 1. The molecule has 1 heterocycles. The largest absolute Gasteiger partial charge is 0.508 e. The molecule has 0 aliphatic heterocycles. The highest BCUT2D eigenvalue weighted by Crippen LogP contribution is 2.28. The lowest BCUT2D eigenvalue weighted by molar-refractivity contribution is 0.471. The first-order chi connectivity index (χ1) is 9.22. The molecule has 4 N–H and O–H groups in total. The van der Waals surface area contributed by atoms with Crippen molar-refractivity contribution >= 4 is 28.5 Å². The van der Waals surface area contributed by atoms with E-state index in [0.717, 1.165) is 21.8 Å². The van der Waals surface area contributed by atoms with E-state index in [1.807, 2.05) is 24.3 Å². The second-order valence-electron chi connectivity index (χ2n) is 4.24. The average molecular weight is 271 g/mol. The first-order valence-corrected chi connectivity index (χ1v) is 6.86. The summed E-state index contributed by atoms with van der Waals surface area (Å²) in [6.07, 6.45) is 0. The van der Waals surface area contributed by atoms with Gasteiger partial charge in [-0.05, 0) is 30.3 Å². The zero-order chi connectivity index (χ0) is 13.2. The number of phenols is 1. The fourth-order valence-electron chi connectivity index (χ4n) is 1.86. The molecule has 4 nitrogen and oxygen atoms in total. The predicted molar refractivity (Wildman–Crippen MR) is 78.2 cm³/mol. The number of aromatic amines is 1. The summed E-state index contributed by atoms with van der Waals surface area (Å²) in [7, 11) is 0.